The molecule has 1 saturated heterocycles. The zero-order valence-corrected chi connectivity index (χ0v) is 14.2. The van der Waals surface area contributed by atoms with Crippen molar-refractivity contribution in [2.24, 2.45) is 0 Å². The highest BCUT2D eigenvalue weighted by Crippen LogP contribution is 2.25. The van der Waals surface area contributed by atoms with Crippen molar-refractivity contribution in [2.75, 3.05) is 21.3 Å². The Hall–Kier alpha value is -1.32. The Morgan fingerprint density at radius 3 is 2.32 bits per heavy atom. The Bertz CT molecular complexity index is 712. The van der Waals surface area contributed by atoms with E-state index in [9.17, 15) is 16.8 Å². The van der Waals surface area contributed by atoms with Crippen LogP contribution >= 0.6 is 0 Å². The van der Waals surface area contributed by atoms with Crippen molar-refractivity contribution < 1.29 is 16.8 Å². The number of hydrogen-bond donors (Lipinski definition) is 2. The average Bonchev–Trinajstić information content (AvgIpc) is 2.37. The van der Waals surface area contributed by atoms with Crippen LogP contribution in [0.1, 0.15) is 26.7 Å². The molecular weight excluding hydrogens is 326 g/mol. The van der Waals surface area contributed by atoms with Gasteiger partial charge in [-0.1, -0.05) is 0 Å². The van der Waals surface area contributed by atoms with Gasteiger partial charge in [-0.3, -0.25) is 9.03 Å². The summed E-state index contributed by atoms with van der Waals surface area (Å²) >= 11 is 0. The largest absolute Gasteiger partial charge is 0.299 e. The maximum absolute atomic E-state index is 12.0. The topological polar surface area (TPSA) is 95.6 Å². The molecule has 1 aliphatic heterocycles. The van der Waals surface area contributed by atoms with Crippen LogP contribution in [0.2, 0.25) is 0 Å². The smallest absolute Gasteiger partial charge is 0.271 e. The second-order valence-electron chi connectivity index (χ2n) is 5.52. The minimum absolute atomic E-state index is 0.152. The van der Waals surface area contributed by atoms with Gasteiger partial charge in [0, 0.05) is 18.3 Å². The van der Waals surface area contributed by atoms with Gasteiger partial charge >= 0.3 is 0 Å². The molecule has 1 fully saturated rings. The number of rotatable bonds is 5. The van der Waals surface area contributed by atoms with Gasteiger partial charge in [-0.25, -0.2) is 8.42 Å². The van der Waals surface area contributed by atoms with E-state index in [2.05, 4.69) is 9.44 Å². The molecule has 1 aliphatic rings. The first kappa shape index (κ1) is 17.0. The Balaban J connectivity index is 2.14. The number of sulfonamides is 1. The van der Waals surface area contributed by atoms with Crippen LogP contribution in [-0.4, -0.2) is 35.2 Å². The van der Waals surface area contributed by atoms with Crippen LogP contribution in [0.5, 0.6) is 0 Å². The van der Waals surface area contributed by atoms with Crippen molar-refractivity contribution in [3.63, 3.8) is 0 Å². The van der Waals surface area contributed by atoms with Gasteiger partial charge in [-0.2, -0.15) is 13.1 Å². The fraction of sp³-hybridized carbons (Fsp3) is 0.538. The SMILES string of the molecule is CC(C)NS(=O)(=O)Nc1ccc(N2CCCCS2(=O)=O)cc1. The predicted molar refractivity (Wildman–Crippen MR) is 87.6 cm³/mol. The third-order valence-electron chi connectivity index (χ3n) is 3.15. The molecule has 0 aromatic heterocycles. The molecule has 0 amide bonds. The molecule has 1 heterocycles. The van der Waals surface area contributed by atoms with Gasteiger partial charge in [-0.15, -0.1) is 0 Å². The molecule has 2 rings (SSSR count). The van der Waals surface area contributed by atoms with Crippen LogP contribution in [0.4, 0.5) is 11.4 Å². The number of hydrogen-bond acceptors (Lipinski definition) is 4. The third kappa shape index (κ3) is 4.34. The van der Waals surface area contributed by atoms with E-state index in [1.54, 1.807) is 38.1 Å². The van der Waals surface area contributed by atoms with Crippen LogP contribution in [0.3, 0.4) is 0 Å². The van der Waals surface area contributed by atoms with E-state index >= 15 is 0 Å². The maximum Gasteiger partial charge on any atom is 0.299 e. The highest BCUT2D eigenvalue weighted by atomic mass is 32.2. The molecule has 0 bridgehead atoms. The summed E-state index contributed by atoms with van der Waals surface area (Å²) in [6.45, 7) is 3.91. The summed E-state index contributed by atoms with van der Waals surface area (Å²) in [5.74, 6) is 0.152. The van der Waals surface area contributed by atoms with E-state index in [1.807, 2.05) is 0 Å². The fourth-order valence-corrected chi connectivity index (χ4v) is 5.03. The number of nitrogens with one attached hydrogen (secondary N) is 2. The molecule has 0 unspecified atom stereocenters. The van der Waals surface area contributed by atoms with E-state index in [4.69, 9.17) is 0 Å². The minimum atomic E-state index is -3.63. The fourth-order valence-electron chi connectivity index (χ4n) is 2.27. The van der Waals surface area contributed by atoms with Crippen LogP contribution in [0.25, 0.3) is 0 Å². The zero-order chi connectivity index (χ0) is 16.4. The van der Waals surface area contributed by atoms with Gasteiger partial charge in [0.05, 0.1) is 11.4 Å². The lowest BCUT2D eigenvalue weighted by atomic mass is 10.2. The second-order valence-corrected chi connectivity index (χ2v) is 8.98. The van der Waals surface area contributed by atoms with Crippen molar-refractivity contribution >= 4 is 31.6 Å². The molecule has 0 atom stereocenters. The monoisotopic (exact) mass is 347 g/mol. The normalized spacial score (nSPS) is 18.4. The third-order valence-corrected chi connectivity index (χ3v) is 6.30. The molecular formula is C13H21N3O4S2. The van der Waals surface area contributed by atoms with E-state index in [-0.39, 0.29) is 11.8 Å². The van der Waals surface area contributed by atoms with Gasteiger partial charge in [-0.05, 0) is 51.0 Å². The first-order valence-corrected chi connectivity index (χ1v) is 10.2. The van der Waals surface area contributed by atoms with Gasteiger partial charge in [0.15, 0.2) is 0 Å². The summed E-state index contributed by atoms with van der Waals surface area (Å²) in [4.78, 5) is 0. The molecule has 7 nitrogen and oxygen atoms in total. The molecule has 0 saturated carbocycles. The standard InChI is InChI=1S/C13H21N3O4S2/c1-11(2)14-22(19,20)15-12-5-7-13(8-6-12)16-9-3-4-10-21(16,17)18/h5-8,11,14-15H,3-4,9-10H2,1-2H3. The second kappa shape index (κ2) is 6.43. The van der Waals surface area contributed by atoms with Gasteiger partial charge < -0.3 is 0 Å². The summed E-state index contributed by atoms with van der Waals surface area (Å²) in [5, 5.41) is 0. The van der Waals surface area contributed by atoms with Crippen molar-refractivity contribution in [3.8, 4) is 0 Å². The van der Waals surface area contributed by atoms with Crippen molar-refractivity contribution in [1.29, 1.82) is 0 Å². The quantitative estimate of drug-likeness (QED) is 0.838. The molecule has 124 valence electrons. The molecule has 2 N–H and O–H groups in total. The average molecular weight is 347 g/mol. The van der Waals surface area contributed by atoms with Gasteiger partial charge in [0.25, 0.3) is 10.2 Å². The van der Waals surface area contributed by atoms with Crippen LogP contribution < -0.4 is 13.7 Å². The van der Waals surface area contributed by atoms with E-state index in [1.165, 1.54) is 4.31 Å². The molecule has 1 aromatic carbocycles. The maximum atomic E-state index is 12.0. The predicted octanol–water partition coefficient (Wildman–Crippen LogP) is 1.27. The lowest BCUT2D eigenvalue weighted by molar-refractivity contribution is 0.573. The molecule has 0 spiro atoms. The van der Waals surface area contributed by atoms with Crippen molar-refractivity contribution in [1.82, 2.24) is 4.72 Å². The molecule has 0 radical (unpaired) electrons. The summed E-state index contributed by atoms with van der Waals surface area (Å²) in [6.07, 6.45) is 1.50. The Morgan fingerprint density at radius 1 is 1.14 bits per heavy atom. The lowest BCUT2D eigenvalue weighted by Gasteiger charge is -2.28. The summed E-state index contributed by atoms with van der Waals surface area (Å²) in [7, 11) is -6.88. The highest BCUT2D eigenvalue weighted by Gasteiger charge is 2.25. The van der Waals surface area contributed by atoms with E-state index in [0.29, 0.717) is 24.3 Å². The van der Waals surface area contributed by atoms with E-state index in [0.717, 1.165) is 6.42 Å². The lowest BCUT2D eigenvalue weighted by Crippen LogP contribution is -2.37. The first-order valence-electron chi connectivity index (χ1n) is 7.10. The Morgan fingerprint density at radius 2 is 1.77 bits per heavy atom. The highest BCUT2D eigenvalue weighted by molar-refractivity contribution is 7.92. The van der Waals surface area contributed by atoms with E-state index < -0.39 is 20.2 Å². The molecule has 22 heavy (non-hydrogen) atoms. The first-order chi connectivity index (χ1) is 10.2. The van der Waals surface area contributed by atoms with Crippen LogP contribution in [0.15, 0.2) is 24.3 Å². The number of nitrogens with zero attached hydrogens (tertiary/aromatic N) is 1. The van der Waals surface area contributed by atoms with Gasteiger partial charge in [0.2, 0.25) is 10.0 Å². The Labute approximate surface area is 131 Å². The Kier molecular flexibility index (Phi) is 4.98. The summed E-state index contributed by atoms with van der Waals surface area (Å²) < 4.78 is 53.8. The minimum Gasteiger partial charge on any atom is -0.271 e. The summed E-state index contributed by atoms with van der Waals surface area (Å²) in [6, 6.07) is 6.11. The molecule has 0 aliphatic carbocycles. The zero-order valence-electron chi connectivity index (χ0n) is 12.6. The van der Waals surface area contributed by atoms with Crippen molar-refractivity contribution in [2.45, 2.75) is 32.7 Å². The van der Waals surface area contributed by atoms with Crippen LogP contribution in [-0.2, 0) is 20.2 Å². The molecule has 1 aromatic rings. The molecule has 9 heteroatoms. The summed E-state index contributed by atoms with van der Waals surface area (Å²) in [5.41, 5.74) is 0.936. The number of benzene rings is 1. The van der Waals surface area contributed by atoms with Crippen LogP contribution in [0, 0.1) is 0 Å². The number of anilines is 2. The van der Waals surface area contributed by atoms with Gasteiger partial charge in [0.1, 0.15) is 0 Å². The van der Waals surface area contributed by atoms with Crippen molar-refractivity contribution in [3.05, 3.63) is 24.3 Å².